The Morgan fingerprint density at radius 2 is 2.10 bits per heavy atom. The number of rotatable bonds is 1. The van der Waals surface area contributed by atoms with E-state index in [-0.39, 0.29) is 11.7 Å². The Balaban J connectivity index is 1.91. The Hall–Kier alpha value is -2.69. The standard InChI is InChI=1S/C15H10FN3O/c16-10-4-12-13(7-18-14(12)17-6-10)8-1-2-11-9(3-8)5-19-15(11)20/h1-4,6-7H,5H2,(H,17,18)(H,19,20). The minimum Gasteiger partial charge on any atom is -0.348 e. The number of nitrogens with zero attached hydrogens (tertiary/aromatic N) is 1. The average molecular weight is 267 g/mol. The summed E-state index contributed by atoms with van der Waals surface area (Å²) < 4.78 is 13.3. The minimum atomic E-state index is -0.364. The highest BCUT2D eigenvalue weighted by Gasteiger charge is 2.19. The van der Waals surface area contributed by atoms with Gasteiger partial charge in [0.15, 0.2) is 0 Å². The number of H-pyrrole nitrogens is 1. The van der Waals surface area contributed by atoms with Gasteiger partial charge >= 0.3 is 0 Å². The molecule has 1 aliphatic rings. The van der Waals surface area contributed by atoms with Crippen molar-refractivity contribution in [1.82, 2.24) is 15.3 Å². The van der Waals surface area contributed by atoms with Gasteiger partial charge in [-0.1, -0.05) is 6.07 Å². The highest BCUT2D eigenvalue weighted by Crippen LogP contribution is 2.30. The molecule has 0 unspecified atom stereocenters. The van der Waals surface area contributed by atoms with Crippen LogP contribution in [-0.2, 0) is 6.54 Å². The molecule has 1 aromatic carbocycles. The summed E-state index contributed by atoms with van der Waals surface area (Å²) in [6, 6.07) is 7.10. The second-order valence-electron chi connectivity index (χ2n) is 4.81. The SMILES string of the molecule is O=C1NCc2cc(-c3c[nH]c4ncc(F)cc34)ccc21. The van der Waals surface area contributed by atoms with Crippen LogP contribution in [0.2, 0.25) is 0 Å². The highest BCUT2D eigenvalue weighted by molar-refractivity contribution is 6.00. The summed E-state index contributed by atoms with van der Waals surface area (Å²) >= 11 is 0. The average Bonchev–Trinajstić information content (AvgIpc) is 3.02. The Bertz CT molecular complexity index is 853. The molecule has 0 saturated heterocycles. The smallest absolute Gasteiger partial charge is 0.251 e. The van der Waals surface area contributed by atoms with E-state index in [1.54, 1.807) is 6.07 Å². The van der Waals surface area contributed by atoms with Gasteiger partial charge in [-0.15, -0.1) is 0 Å². The third-order valence-electron chi connectivity index (χ3n) is 3.60. The molecule has 98 valence electrons. The first kappa shape index (κ1) is 11.2. The Labute approximate surface area is 113 Å². The van der Waals surface area contributed by atoms with Crippen LogP contribution < -0.4 is 5.32 Å². The Morgan fingerprint density at radius 3 is 3.00 bits per heavy atom. The van der Waals surface area contributed by atoms with Crippen molar-refractivity contribution in [2.24, 2.45) is 0 Å². The third kappa shape index (κ3) is 1.53. The number of pyridine rings is 1. The molecule has 0 atom stereocenters. The maximum atomic E-state index is 13.3. The Morgan fingerprint density at radius 1 is 1.20 bits per heavy atom. The Kier molecular flexibility index (Phi) is 2.18. The lowest BCUT2D eigenvalue weighted by Crippen LogP contribution is -2.12. The van der Waals surface area contributed by atoms with E-state index in [4.69, 9.17) is 0 Å². The number of halogens is 1. The van der Waals surface area contributed by atoms with Crippen LogP contribution in [0.4, 0.5) is 4.39 Å². The number of fused-ring (bicyclic) bond motifs is 2. The molecule has 0 saturated carbocycles. The van der Waals surface area contributed by atoms with Gasteiger partial charge in [-0.2, -0.15) is 0 Å². The maximum Gasteiger partial charge on any atom is 0.251 e. The zero-order chi connectivity index (χ0) is 13.7. The molecule has 0 spiro atoms. The molecule has 3 heterocycles. The number of carbonyl (C=O) groups is 1. The monoisotopic (exact) mass is 267 g/mol. The van der Waals surface area contributed by atoms with Gasteiger partial charge in [0.2, 0.25) is 0 Å². The summed E-state index contributed by atoms with van der Waals surface area (Å²) in [5, 5.41) is 3.52. The molecular formula is C15H10FN3O. The number of aromatic nitrogens is 2. The van der Waals surface area contributed by atoms with E-state index in [9.17, 15) is 9.18 Å². The fourth-order valence-corrected chi connectivity index (χ4v) is 2.62. The van der Waals surface area contributed by atoms with Crippen molar-refractivity contribution in [2.45, 2.75) is 6.54 Å². The first-order chi connectivity index (χ1) is 9.72. The summed E-state index contributed by atoms with van der Waals surface area (Å²) in [6.45, 7) is 0.539. The normalized spacial score (nSPS) is 13.6. The summed E-state index contributed by atoms with van der Waals surface area (Å²) in [6.07, 6.45) is 3.00. The molecule has 1 amide bonds. The first-order valence-corrected chi connectivity index (χ1v) is 6.26. The molecule has 20 heavy (non-hydrogen) atoms. The lowest BCUT2D eigenvalue weighted by molar-refractivity contribution is 0.0966. The van der Waals surface area contributed by atoms with Gasteiger partial charge in [-0.3, -0.25) is 4.79 Å². The summed E-state index contributed by atoms with van der Waals surface area (Å²) in [5.74, 6) is -0.408. The van der Waals surface area contributed by atoms with Gasteiger partial charge in [0.25, 0.3) is 5.91 Å². The molecule has 2 N–H and O–H groups in total. The third-order valence-corrected chi connectivity index (χ3v) is 3.60. The van der Waals surface area contributed by atoms with Gasteiger partial charge in [-0.25, -0.2) is 9.37 Å². The predicted molar refractivity (Wildman–Crippen MR) is 72.7 cm³/mol. The molecule has 0 aliphatic carbocycles. The molecule has 4 nitrogen and oxygen atoms in total. The number of carbonyl (C=O) groups excluding carboxylic acids is 1. The fraction of sp³-hybridized carbons (Fsp3) is 0.0667. The molecule has 0 radical (unpaired) electrons. The van der Waals surface area contributed by atoms with Crippen LogP contribution in [0.25, 0.3) is 22.2 Å². The van der Waals surface area contributed by atoms with Crippen molar-refractivity contribution in [3.8, 4) is 11.1 Å². The molecule has 0 bridgehead atoms. The number of nitrogens with one attached hydrogen (secondary N) is 2. The van der Waals surface area contributed by atoms with Gasteiger partial charge in [0.05, 0.1) is 6.20 Å². The first-order valence-electron chi connectivity index (χ1n) is 6.26. The van der Waals surface area contributed by atoms with E-state index in [2.05, 4.69) is 15.3 Å². The van der Waals surface area contributed by atoms with Crippen LogP contribution in [0.3, 0.4) is 0 Å². The molecular weight excluding hydrogens is 257 g/mol. The van der Waals surface area contributed by atoms with Crippen LogP contribution in [0.5, 0.6) is 0 Å². The highest BCUT2D eigenvalue weighted by atomic mass is 19.1. The van der Waals surface area contributed by atoms with Crippen molar-refractivity contribution in [3.05, 3.63) is 53.6 Å². The molecule has 3 aromatic rings. The van der Waals surface area contributed by atoms with Crippen LogP contribution in [0, 0.1) is 5.82 Å². The number of benzene rings is 1. The zero-order valence-electron chi connectivity index (χ0n) is 10.4. The maximum absolute atomic E-state index is 13.3. The second-order valence-corrected chi connectivity index (χ2v) is 4.81. The van der Waals surface area contributed by atoms with Crippen LogP contribution in [0.1, 0.15) is 15.9 Å². The number of amides is 1. The van der Waals surface area contributed by atoms with E-state index in [0.29, 0.717) is 17.8 Å². The topological polar surface area (TPSA) is 57.8 Å². The minimum absolute atomic E-state index is 0.0433. The molecule has 0 fully saturated rings. The van der Waals surface area contributed by atoms with Crippen molar-refractivity contribution in [3.63, 3.8) is 0 Å². The van der Waals surface area contributed by atoms with E-state index in [0.717, 1.165) is 22.1 Å². The van der Waals surface area contributed by atoms with Gasteiger partial charge < -0.3 is 10.3 Å². The van der Waals surface area contributed by atoms with Crippen molar-refractivity contribution < 1.29 is 9.18 Å². The van der Waals surface area contributed by atoms with E-state index in [1.807, 2.05) is 18.3 Å². The summed E-state index contributed by atoms with van der Waals surface area (Å²) in [5.41, 5.74) is 4.15. The summed E-state index contributed by atoms with van der Waals surface area (Å²) in [4.78, 5) is 18.6. The largest absolute Gasteiger partial charge is 0.348 e. The molecule has 4 rings (SSSR count). The van der Waals surface area contributed by atoms with E-state index >= 15 is 0 Å². The lowest BCUT2D eigenvalue weighted by atomic mass is 10.0. The number of aromatic amines is 1. The predicted octanol–water partition coefficient (Wildman–Crippen LogP) is 2.61. The van der Waals surface area contributed by atoms with Crippen molar-refractivity contribution in [1.29, 1.82) is 0 Å². The molecule has 1 aliphatic heterocycles. The van der Waals surface area contributed by atoms with Gasteiger partial charge in [0.1, 0.15) is 11.5 Å². The fourth-order valence-electron chi connectivity index (χ4n) is 2.62. The van der Waals surface area contributed by atoms with Crippen LogP contribution in [0.15, 0.2) is 36.7 Å². The molecule has 5 heteroatoms. The quantitative estimate of drug-likeness (QED) is 0.712. The van der Waals surface area contributed by atoms with Gasteiger partial charge in [-0.05, 0) is 29.3 Å². The van der Waals surface area contributed by atoms with E-state index in [1.165, 1.54) is 12.3 Å². The van der Waals surface area contributed by atoms with Crippen LogP contribution in [-0.4, -0.2) is 15.9 Å². The van der Waals surface area contributed by atoms with Crippen molar-refractivity contribution >= 4 is 16.9 Å². The summed E-state index contributed by atoms with van der Waals surface area (Å²) in [7, 11) is 0. The second kappa shape index (κ2) is 3.90. The van der Waals surface area contributed by atoms with Crippen LogP contribution >= 0.6 is 0 Å². The van der Waals surface area contributed by atoms with Gasteiger partial charge in [0, 0.05) is 29.3 Å². The lowest BCUT2D eigenvalue weighted by Gasteiger charge is -2.02. The van der Waals surface area contributed by atoms with E-state index < -0.39 is 0 Å². The molecule has 2 aromatic heterocycles. The number of hydrogen-bond donors (Lipinski definition) is 2. The number of hydrogen-bond acceptors (Lipinski definition) is 2. The zero-order valence-corrected chi connectivity index (χ0v) is 10.4. The van der Waals surface area contributed by atoms with Crippen molar-refractivity contribution in [2.75, 3.05) is 0 Å².